The van der Waals surface area contributed by atoms with E-state index in [1.54, 1.807) is 42.6 Å². The summed E-state index contributed by atoms with van der Waals surface area (Å²) >= 11 is 7.82. The molecule has 1 heterocycles. The number of halogens is 1. The molecule has 8 heteroatoms. The number of methoxy groups -OCH3 is 1. The third-order valence-corrected chi connectivity index (χ3v) is 5.43. The van der Waals surface area contributed by atoms with Crippen molar-refractivity contribution in [2.45, 2.75) is 0 Å². The number of ether oxygens (including phenoxy) is 2. The molecular formula is C24H18ClN3O3S. The van der Waals surface area contributed by atoms with Crippen LogP contribution in [0.4, 0.5) is 5.13 Å². The number of benzene rings is 3. The Morgan fingerprint density at radius 1 is 1.09 bits per heavy atom. The van der Waals surface area contributed by atoms with Gasteiger partial charge in [0, 0.05) is 10.9 Å². The molecule has 0 radical (unpaired) electrons. The first kappa shape index (κ1) is 21.5. The van der Waals surface area contributed by atoms with Crippen molar-refractivity contribution in [3.05, 3.63) is 94.3 Å². The summed E-state index contributed by atoms with van der Waals surface area (Å²) in [5.41, 5.74) is 5.91. The normalized spacial score (nSPS) is 10.8. The summed E-state index contributed by atoms with van der Waals surface area (Å²) in [5, 5.41) is 7.08. The van der Waals surface area contributed by atoms with E-state index in [0.29, 0.717) is 22.0 Å². The Labute approximate surface area is 194 Å². The van der Waals surface area contributed by atoms with Gasteiger partial charge in [-0.15, -0.1) is 11.3 Å². The monoisotopic (exact) mass is 463 g/mol. The SMILES string of the molecule is COc1cc(C=NNc2nc(-c3ccccc3)cs2)cc(Cl)c1OC(=O)c1ccccc1. The molecule has 32 heavy (non-hydrogen) atoms. The molecule has 0 aliphatic carbocycles. The standard InChI is InChI=1S/C24H18ClN3O3S/c1-30-21-13-16(12-19(25)22(21)31-23(29)18-10-6-3-7-11-18)14-26-28-24-27-20(15-32-24)17-8-4-2-5-9-17/h2-15H,1H3,(H,27,28). The first-order valence-corrected chi connectivity index (χ1v) is 10.8. The lowest BCUT2D eigenvalue weighted by Gasteiger charge is -2.12. The fourth-order valence-corrected chi connectivity index (χ4v) is 3.79. The third kappa shape index (κ3) is 5.14. The van der Waals surface area contributed by atoms with Crippen LogP contribution in [0.5, 0.6) is 11.5 Å². The van der Waals surface area contributed by atoms with E-state index in [-0.39, 0.29) is 10.8 Å². The minimum absolute atomic E-state index is 0.153. The quantitative estimate of drug-likeness (QED) is 0.154. The van der Waals surface area contributed by atoms with E-state index in [2.05, 4.69) is 15.5 Å². The Morgan fingerprint density at radius 3 is 2.53 bits per heavy atom. The predicted molar refractivity (Wildman–Crippen MR) is 128 cm³/mol. The molecule has 0 amide bonds. The van der Waals surface area contributed by atoms with Gasteiger partial charge in [0.2, 0.25) is 5.13 Å². The van der Waals surface area contributed by atoms with Gasteiger partial charge in [0.25, 0.3) is 0 Å². The van der Waals surface area contributed by atoms with Crippen molar-refractivity contribution in [3.63, 3.8) is 0 Å². The number of nitrogens with one attached hydrogen (secondary N) is 1. The lowest BCUT2D eigenvalue weighted by molar-refractivity contribution is 0.0730. The summed E-state index contributed by atoms with van der Waals surface area (Å²) in [5.74, 6) is -0.0451. The van der Waals surface area contributed by atoms with Gasteiger partial charge < -0.3 is 9.47 Å². The average Bonchev–Trinajstić information content (AvgIpc) is 3.30. The van der Waals surface area contributed by atoms with Crippen LogP contribution < -0.4 is 14.9 Å². The number of carbonyl (C=O) groups excluding carboxylic acids is 1. The summed E-state index contributed by atoms with van der Waals surface area (Å²) in [6.07, 6.45) is 1.58. The highest BCUT2D eigenvalue weighted by atomic mass is 35.5. The third-order valence-electron chi connectivity index (χ3n) is 4.40. The molecule has 0 bridgehead atoms. The Balaban J connectivity index is 1.46. The van der Waals surface area contributed by atoms with E-state index < -0.39 is 5.97 Å². The first-order chi connectivity index (χ1) is 15.6. The lowest BCUT2D eigenvalue weighted by atomic mass is 10.2. The van der Waals surface area contributed by atoms with Crippen molar-refractivity contribution in [1.82, 2.24) is 4.98 Å². The minimum Gasteiger partial charge on any atom is -0.493 e. The van der Waals surface area contributed by atoms with Crippen molar-refractivity contribution in [3.8, 4) is 22.8 Å². The number of hydrogen-bond donors (Lipinski definition) is 1. The Morgan fingerprint density at radius 2 is 1.81 bits per heavy atom. The van der Waals surface area contributed by atoms with Crippen LogP contribution in [-0.2, 0) is 0 Å². The van der Waals surface area contributed by atoms with Crippen molar-refractivity contribution in [1.29, 1.82) is 0 Å². The maximum Gasteiger partial charge on any atom is 0.343 e. The van der Waals surface area contributed by atoms with E-state index in [0.717, 1.165) is 11.3 Å². The largest absolute Gasteiger partial charge is 0.493 e. The number of hydrazone groups is 1. The molecule has 4 aromatic rings. The second-order valence-electron chi connectivity index (χ2n) is 6.56. The van der Waals surface area contributed by atoms with Crippen LogP contribution in [0, 0.1) is 0 Å². The summed E-state index contributed by atoms with van der Waals surface area (Å²) in [6.45, 7) is 0. The molecule has 0 saturated heterocycles. The molecule has 0 aliphatic rings. The molecular weight excluding hydrogens is 446 g/mol. The summed E-state index contributed by atoms with van der Waals surface area (Å²) < 4.78 is 10.8. The van der Waals surface area contributed by atoms with Gasteiger partial charge in [-0.2, -0.15) is 5.10 Å². The van der Waals surface area contributed by atoms with Crippen LogP contribution in [-0.4, -0.2) is 24.3 Å². The number of anilines is 1. The van der Waals surface area contributed by atoms with Crippen LogP contribution in [0.3, 0.4) is 0 Å². The molecule has 4 rings (SSSR count). The number of nitrogens with zero attached hydrogens (tertiary/aromatic N) is 2. The zero-order valence-electron chi connectivity index (χ0n) is 17.0. The molecule has 1 aromatic heterocycles. The summed E-state index contributed by atoms with van der Waals surface area (Å²) in [6, 6.07) is 21.9. The molecule has 3 aromatic carbocycles. The number of carbonyl (C=O) groups is 1. The highest BCUT2D eigenvalue weighted by molar-refractivity contribution is 7.14. The van der Waals surface area contributed by atoms with Crippen LogP contribution in [0.15, 0.2) is 83.3 Å². The summed E-state index contributed by atoms with van der Waals surface area (Å²) in [7, 11) is 1.48. The van der Waals surface area contributed by atoms with Crippen LogP contribution in [0.1, 0.15) is 15.9 Å². The smallest absolute Gasteiger partial charge is 0.343 e. The fourth-order valence-electron chi connectivity index (χ4n) is 2.87. The zero-order chi connectivity index (χ0) is 22.3. The van der Waals surface area contributed by atoms with Gasteiger partial charge in [-0.1, -0.05) is 60.1 Å². The minimum atomic E-state index is -0.521. The molecule has 0 unspecified atom stereocenters. The molecule has 0 fully saturated rings. The van der Waals surface area contributed by atoms with E-state index in [9.17, 15) is 4.79 Å². The molecule has 0 spiro atoms. The van der Waals surface area contributed by atoms with Crippen LogP contribution >= 0.6 is 22.9 Å². The predicted octanol–water partition coefficient (Wildman–Crippen LogP) is 6.14. The second kappa shape index (κ2) is 10.1. The van der Waals surface area contributed by atoms with Gasteiger partial charge in [-0.25, -0.2) is 9.78 Å². The van der Waals surface area contributed by atoms with Gasteiger partial charge >= 0.3 is 5.97 Å². The van der Waals surface area contributed by atoms with Crippen molar-refractivity contribution in [2.75, 3.05) is 12.5 Å². The van der Waals surface area contributed by atoms with Gasteiger partial charge in [0.15, 0.2) is 11.5 Å². The van der Waals surface area contributed by atoms with Crippen molar-refractivity contribution >= 4 is 40.3 Å². The van der Waals surface area contributed by atoms with Gasteiger partial charge in [0.1, 0.15) is 0 Å². The van der Waals surface area contributed by atoms with Crippen molar-refractivity contribution < 1.29 is 14.3 Å². The maximum absolute atomic E-state index is 12.4. The first-order valence-electron chi connectivity index (χ1n) is 9.59. The van der Waals surface area contributed by atoms with Gasteiger partial charge in [-0.3, -0.25) is 5.43 Å². The number of hydrogen-bond acceptors (Lipinski definition) is 7. The zero-order valence-corrected chi connectivity index (χ0v) is 18.6. The van der Waals surface area contributed by atoms with Crippen molar-refractivity contribution in [2.24, 2.45) is 5.10 Å². The maximum atomic E-state index is 12.4. The van der Waals surface area contributed by atoms with Crippen LogP contribution in [0.2, 0.25) is 5.02 Å². The molecule has 6 nitrogen and oxygen atoms in total. The topological polar surface area (TPSA) is 72.8 Å². The van der Waals surface area contributed by atoms with Crippen LogP contribution in [0.25, 0.3) is 11.3 Å². The molecule has 1 N–H and O–H groups in total. The highest BCUT2D eigenvalue weighted by Gasteiger charge is 2.17. The summed E-state index contributed by atoms with van der Waals surface area (Å²) in [4.78, 5) is 16.9. The number of aromatic nitrogens is 1. The van der Waals surface area contributed by atoms with Gasteiger partial charge in [0.05, 0.1) is 29.6 Å². The Kier molecular flexibility index (Phi) is 6.79. The van der Waals surface area contributed by atoms with E-state index in [1.165, 1.54) is 18.4 Å². The van der Waals surface area contributed by atoms with E-state index in [4.69, 9.17) is 21.1 Å². The number of esters is 1. The van der Waals surface area contributed by atoms with E-state index >= 15 is 0 Å². The molecule has 160 valence electrons. The Hall–Kier alpha value is -3.68. The number of rotatable bonds is 7. The molecule has 0 aliphatic heterocycles. The lowest BCUT2D eigenvalue weighted by Crippen LogP contribution is -2.09. The average molecular weight is 464 g/mol. The molecule has 0 atom stereocenters. The highest BCUT2D eigenvalue weighted by Crippen LogP contribution is 2.36. The Bertz CT molecular complexity index is 1240. The number of thiazole rings is 1. The second-order valence-corrected chi connectivity index (χ2v) is 7.83. The molecule has 0 saturated carbocycles. The van der Waals surface area contributed by atoms with Gasteiger partial charge in [-0.05, 0) is 29.8 Å². The fraction of sp³-hybridized carbons (Fsp3) is 0.0417. The van der Waals surface area contributed by atoms with E-state index in [1.807, 2.05) is 41.8 Å².